The van der Waals surface area contributed by atoms with Crippen molar-refractivity contribution in [3.05, 3.63) is 47.3 Å². The number of anilines is 2. The highest BCUT2D eigenvalue weighted by atomic mass is 15.0. The van der Waals surface area contributed by atoms with Gasteiger partial charge in [-0.25, -0.2) is 9.97 Å². The summed E-state index contributed by atoms with van der Waals surface area (Å²) in [5.41, 5.74) is 8.27. The van der Waals surface area contributed by atoms with Gasteiger partial charge in [-0.2, -0.15) is 5.26 Å². The van der Waals surface area contributed by atoms with Crippen LogP contribution < -0.4 is 11.1 Å². The van der Waals surface area contributed by atoms with Crippen LogP contribution in [0.15, 0.2) is 30.6 Å². The molecule has 0 saturated carbocycles. The Kier molecular flexibility index (Phi) is 3.39. The zero-order valence-corrected chi connectivity index (χ0v) is 10.0. The minimum absolute atomic E-state index is 0.479. The van der Waals surface area contributed by atoms with Crippen LogP contribution in [0.3, 0.4) is 0 Å². The first kappa shape index (κ1) is 11.9. The van der Waals surface area contributed by atoms with Crippen molar-refractivity contribution in [2.45, 2.75) is 13.5 Å². The van der Waals surface area contributed by atoms with Gasteiger partial charge in [0.1, 0.15) is 18.0 Å². The third kappa shape index (κ3) is 2.55. The average Bonchev–Trinajstić information content (AvgIpc) is 2.41. The van der Waals surface area contributed by atoms with E-state index in [0.29, 0.717) is 17.9 Å². The fourth-order valence-corrected chi connectivity index (χ4v) is 1.52. The van der Waals surface area contributed by atoms with Crippen LogP contribution in [0.5, 0.6) is 0 Å². The lowest BCUT2D eigenvalue weighted by molar-refractivity contribution is 1.06. The highest BCUT2D eigenvalue weighted by Crippen LogP contribution is 2.16. The van der Waals surface area contributed by atoms with Gasteiger partial charge in [0, 0.05) is 12.1 Å². The minimum Gasteiger partial charge on any atom is -0.383 e. The van der Waals surface area contributed by atoms with Crippen molar-refractivity contribution in [3.63, 3.8) is 0 Å². The van der Waals surface area contributed by atoms with Crippen LogP contribution in [0.4, 0.5) is 11.6 Å². The van der Waals surface area contributed by atoms with Crippen molar-refractivity contribution in [3.8, 4) is 6.07 Å². The molecule has 5 heteroatoms. The predicted octanol–water partition coefficient (Wildman–Crippen LogP) is 1.85. The molecule has 0 aliphatic heterocycles. The third-order valence-electron chi connectivity index (χ3n) is 2.67. The Labute approximate surface area is 105 Å². The molecule has 0 saturated heterocycles. The van der Waals surface area contributed by atoms with Gasteiger partial charge in [0.25, 0.3) is 0 Å². The first-order valence-electron chi connectivity index (χ1n) is 5.50. The number of hydrogen-bond donors (Lipinski definition) is 2. The van der Waals surface area contributed by atoms with Gasteiger partial charge in [-0.05, 0) is 24.6 Å². The highest BCUT2D eigenvalue weighted by Gasteiger charge is 2.03. The Morgan fingerprint density at radius 1 is 1.28 bits per heavy atom. The lowest BCUT2D eigenvalue weighted by Gasteiger charge is -2.09. The molecule has 0 spiro atoms. The Hall–Kier alpha value is -2.61. The molecule has 90 valence electrons. The molecule has 0 bridgehead atoms. The molecular formula is C13H13N5. The second kappa shape index (κ2) is 5.15. The van der Waals surface area contributed by atoms with Crippen LogP contribution in [-0.4, -0.2) is 9.97 Å². The molecule has 18 heavy (non-hydrogen) atoms. The molecule has 2 rings (SSSR count). The number of nitrogens with two attached hydrogens (primary N) is 1. The van der Waals surface area contributed by atoms with Crippen LogP contribution in [0.2, 0.25) is 0 Å². The van der Waals surface area contributed by atoms with Crippen molar-refractivity contribution in [1.82, 2.24) is 9.97 Å². The monoisotopic (exact) mass is 239 g/mol. The van der Waals surface area contributed by atoms with E-state index in [1.165, 1.54) is 6.33 Å². The van der Waals surface area contributed by atoms with Gasteiger partial charge >= 0.3 is 0 Å². The lowest BCUT2D eigenvalue weighted by atomic mass is 10.1. The molecule has 1 aromatic heterocycles. The molecule has 0 aliphatic rings. The summed E-state index contributed by atoms with van der Waals surface area (Å²) in [7, 11) is 0. The van der Waals surface area contributed by atoms with E-state index in [2.05, 4.69) is 21.4 Å². The van der Waals surface area contributed by atoms with E-state index in [-0.39, 0.29) is 0 Å². The summed E-state index contributed by atoms with van der Waals surface area (Å²) in [6, 6.07) is 9.48. The highest BCUT2D eigenvalue weighted by molar-refractivity contribution is 5.54. The molecule has 3 N–H and O–H groups in total. The van der Waals surface area contributed by atoms with Gasteiger partial charge in [0.15, 0.2) is 0 Å². The summed E-state index contributed by atoms with van der Waals surface area (Å²) in [5, 5.41) is 11.9. The van der Waals surface area contributed by atoms with Crippen molar-refractivity contribution in [2.24, 2.45) is 0 Å². The normalized spacial score (nSPS) is 9.78. The molecule has 0 unspecified atom stereocenters. The van der Waals surface area contributed by atoms with E-state index < -0.39 is 0 Å². The van der Waals surface area contributed by atoms with Crippen LogP contribution in [0, 0.1) is 18.3 Å². The van der Waals surface area contributed by atoms with Gasteiger partial charge < -0.3 is 11.1 Å². The fraction of sp³-hybridized carbons (Fsp3) is 0.154. The largest absolute Gasteiger partial charge is 0.383 e. The summed E-state index contributed by atoms with van der Waals surface area (Å²) >= 11 is 0. The van der Waals surface area contributed by atoms with Gasteiger partial charge in [0.05, 0.1) is 11.6 Å². The van der Waals surface area contributed by atoms with Crippen molar-refractivity contribution < 1.29 is 0 Å². The quantitative estimate of drug-likeness (QED) is 0.853. The fourth-order valence-electron chi connectivity index (χ4n) is 1.52. The molecule has 0 aliphatic carbocycles. The Bertz CT molecular complexity index is 583. The molecule has 1 aromatic carbocycles. The Morgan fingerprint density at radius 3 is 2.67 bits per heavy atom. The summed E-state index contributed by atoms with van der Waals surface area (Å²) in [6.45, 7) is 2.50. The van der Waals surface area contributed by atoms with E-state index >= 15 is 0 Å². The first-order chi connectivity index (χ1) is 8.70. The van der Waals surface area contributed by atoms with Gasteiger partial charge in [-0.15, -0.1) is 0 Å². The van der Waals surface area contributed by atoms with E-state index in [1.54, 1.807) is 12.1 Å². The van der Waals surface area contributed by atoms with E-state index in [0.717, 1.165) is 16.9 Å². The molecule has 0 atom stereocenters. The van der Waals surface area contributed by atoms with Crippen LogP contribution in [-0.2, 0) is 6.54 Å². The Morgan fingerprint density at radius 2 is 2.00 bits per heavy atom. The van der Waals surface area contributed by atoms with E-state index in [9.17, 15) is 0 Å². The molecule has 0 radical (unpaired) electrons. The summed E-state index contributed by atoms with van der Waals surface area (Å²) < 4.78 is 0. The topological polar surface area (TPSA) is 87.6 Å². The molecule has 5 nitrogen and oxygen atoms in total. The average molecular weight is 239 g/mol. The third-order valence-corrected chi connectivity index (χ3v) is 2.67. The smallest absolute Gasteiger partial charge is 0.134 e. The minimum atomic E-state index is 0.479. The van der Waals surface area contributed by atoms with Gasteiger partial charge in [-0.1, -0.05) is 12.1 Å². The number of aromatic nitrogens is 2. The SMILES string of the molecule is Cc1c(N)ncnc1NCc1ccc(C#N)cc1. The molecule has 1 heterocycles. The van der Waals surface area contributed by atoms with Gasteiger partial charge in [-0.3, -0.25) is 0 Å². The number of nitrogens with one attached hydrogen (secondary N) is 1. The number of rotatable bonds is 3. The van der Waals surface area contributed by atoms with Crippen LogP contribution >= 0.6 is 0 Å². The van der Waals surface area contributed by atoms with Crippen LogP contribution in [0.25, 0.3) is 0 Å². The van der Waals surface area contributed by atoms with Crippen molar-refractivity contribution >= 4 is 11.6 Å². The maximum Gasteiger partial charge on any atom is 0.134 e. The summed E-state index contributed by atoms with van der Waals surface area (Å²) in [4.78, 5) is 8.04. The summed E-state index contributed by atoms with van der Waals surface area (Å²) in [5.74, 6) is 1.21. The standard InChI is InChI=1S/C13H13N5/c1-9-12(15)17-8-18-13(9)16-7-11-4-2-10(6-14)3-5-11/h2-5,8H,7H2,1H3,(H3,15,16,17,18). The number of nitrogens with zero attached hydrogens (tertiary/aromatic N) is 3. The number of nitrogen functional groups attached to an aromatic ring is 1. The van der Waals surface area contributed by atoms with E-state index in [4.69, 9.17) is 11.0 Å². The number of nitriles is 1. The zero-order valence-electron chi connectivity index (χ0n) is 10.0. The second-order valence-corrected chi connectivity index (χ2v) is 3.89. The van der Waals surface area contributed by atoms with Gasteiger partial charge in [0.2, 0.25) is 0 Å². The lowest BCUT2D eigenvalue weighted by Crippen LogP contribution is -2.06. The maximum atomic E-state index is 8.71. The van der Waals surface area contributed by atoms with Crippen LogP contribution in [0.1, 0.15) is 16.7 Å². The number of benzene rings is 1. The molecular weight excluding hydrogens is 226 g/mol. The van der Waals surface area contributed by atoms with Crippen molar-refractivity contribution in [1.29, 1.82) is 5.26 Å². The molecule has 2 aromatic rings. The summed E-state index contributed by atoms with van der Waals surface area (Å²) in [6.07, 6.45) is 1.43. The Balaban J connectivity index is 2.07. The zero-order chi connectivity index (χ0) is 13.0. The molecule has 0 amide bonds. The van der Waals surface area contributed by atoms with E-state index in [1.807, 2.05) is 19.1 Å². The van der Waals surface area contributed by atoms with Crippen molar-refractivity contribution in [2.75, 3.05) is 11.1 Å². The number of hydrogen-bond acceptors (Lipinski definition) is 5. The first-order valence-corrected chi connectivity index (χ1v) is 5.50. The molecule has 0 fully saturated rings. The second-order valence-electron chi connectivity index (χ2n) is 3.89. The maximum absolute atomic E-state index is 8.71. The predicted molar refractivity (Wildman–Crippen MR) is 69.7 cm³/mol.